The molecule has 1 aliphatic rings. The predicted molar refractivity (Wildman–Crippen MR) is 122 cm³/mol. The smallest absolute Gasteiger partial charge is 0.270 e. The summed E-state index contributed by atoms with van der Waals surface area (Å²) in [5.41, 5.74) is 2.58. The zero-order valence-corrected chi connectivity index (χ0v) is 18.5. The Balaban J connectivity index is 1.48. The van der Waals surface area contributed by atoms with Crippen LogP contribution in [0.4, 0.5) is 10.1 Å². The molecule has 1 amide bonds. The van der Waals surface area contributed by atoms with Crippen LogP contribution in [0.5, 0.6) is 0 Å². The van der Waals surface area contributed by atoms with E-state index >= 15 is 4.39 Å². The second-order valence-corrected chi connectivity index (χ2v) is 7.91. The number of carbonyl (C=O) groups is 1. The zero-order valence-electron chi connectivity index (χ0n) is 18.5. The number of halogens is 1. The second-order valence-electron chi connectivity index (χ2n) is 7.91. The van der Waals surface area contributed by atoms with Crippen LogP contribution in [0.15, 0.2) is 35.3 Å². The molecule has 0 unspecified atom stereocenters. The lowest BCUT2D eigenvalue weighted by atomic mass is 10.0. The van der Waals surface area contributed by atoms with Crippen molar-refractivity contribution in [3.8, 4) is 0 Å². The largest absolute Gasteiger partial charge is 0.368 e. The van der Waals surface area contributed by atoms with Gasteiger partial charge in [0, 0.05) is 44.8 Å². The van der Waals surface area contributed by atoms with Gasteiger partial charge in [0.2, 0.25) is 0 Å². The lowest BCUT2D eigenvalue weighted by molar-refractivity contribution is 0.0958. The fourth-order valence-electron chi connectivity index (χ4n) is 4.14. The summed E-state index contributed by atoms with van der Waals surface area (Å²) in [5, 5.41) is 2.56. The predicted octanol–water partition coefficient (Wildman–Crippen LogP) is 2.26. The van der Waals surface area contributed by atoms with Gasteiger partial charge in [0.1, 0.15) is 16.9 Å². The highest BCUT2D eigenvalue weighted by molar-refractivity contribution is 5.92. The van der Waals surface area contributed by atoms with Gasteiger partial charge in [0.25, 0.3) is 11.5 Å². The molecule has 1 aromatic carbocycles. The molecule has 1 fully saturated rings. The first-order valence-corrected chi connectivity index (χ1v) is 10.8. The molecule has 1 atom stereocenters. The Hall–Kier alpha value is -3.33. The number of pyridine rings is 1. The van der Waals surface area contributed by atoms with Crippen LogP contribution in [0, 0.1) is 5.82 Å². The minimum Gasteiger partial charge on any atom is -0.368 e. The third kappa shape index (κ3) is 4.08. The summed E-state index contributed by atoms with van der Waals surface area (Å²) in [5.74, 6) is -0.631. The molecule has 1 aliphatic heterocycles. The zero-order chi connectivity index (χ0) is 22.8. The van der Waals surface area contributed by atoms with Gasteiger partial charge in [0.15, 0.2) is 5.82 Å². The van der Waals surface area contributed by atoms with E-state index in [9.17, 15) is 9.59 Å². The van der Waals surface area contributed by atoms with Crippen molar-refractivity contribution < 1.29 is 9.18 Å². The van der Waals surface area contributed by atoms with Crippen molar-refractivity contribution in [2.75, 3.05) is 38.1 Å². The molecule has 2 aromatic heterocycles. The molecule has 32 heavy (non-hydrogen) atoms. The quantitative estimate of drug-likeness (QED) is 0.635. The number of anilines is 1. The lowest BCUT2D eigenvalue weighted by Gasteiger charge is -2.39. The fraction of sp³-hybridized carbons (Fsp3) is 0.391. The molecule has 2 N–H and O–H groups in total. The van der Waals surface area contributed by atoms with Gasteiger partial charge in [-0.1, -0.05) is 13.0 Å². The number of nitrogens with zero attached hydrogens (tertiary/aromatic N) is 4. The Bertz CT molecular complexity index is 1190. The lowest BCUT2D eigenvalue weighted by Crippen LogP contribution is -2.47. The standard InChI is InChI=1S/C23H27FN6O2/c1-4-17-23(32)28-21-18(27-17)8-6-16(20(21)24)14(2)29-9-11-30(12-10-29)15-5-7-19(26-13-15)22(31)25-3/h5-8,13-14H,4,9-12H2,1-3H3,(H,25,31)(H,28,32)/t14-/m1/s1. The monoisotopic (exact) mass is 438 g/mol. The van der Waals surface area contributed by atoms with Crippen molar-refractivity contribution in [1.29, 1.82) is 0 Å². The summed E-state index contributed by atoms with van der Waals surface area (Å²) in [4.78, 5) is 39.4. The van der Waals surface area contributed by atoms with Crippen molar-refractivity contribution in [1.82, 2.24) is 25.2 Å². The van der Waals surface area contributed by atoms with Crippen molar-refractivity contribution in [3.05, 3.63) is 63.6 Å². The Morgan fingerprint density at radius 1 is 1.22 bits per heavy atom. The minimum atomic E-state index is -0.418. The number of amides is 1. The van der Waals surface area contributed by atoms with Crippen LogP contribution in [0.25, 0.3) is 11.0 Å². The molecule has 0 bridgehead atoms. The fourth-order valence-corrected chi connectivity index (χ4v) is 4.14. The Morgan fingerprint density at radius 2 is 1.97 bits per heavy atom. The number of aryl methyl sites for hydroxylation is 1. The van der Waals surface area contributed by atoms with Gasteiger partial charge < -0.3 is 15.2 Å². The molecule has 1 saturated heterocycles. The summed E-state index contributed by atoms with van der Waals surface area (Å²) >= 11 is 0. The second kappa shape index (κ2) is 9.04. The Labute approximate surface area is 185 Å². The van der Waals surface area contributed by atoms with Crippen LogP contribution >= 0.6 is 0 Å². The highest BCUT2D eigenvalue weighted by Crippen LogP contribution is 2.28. The number of benzene rings is 1. The van der Waals surface area contributed by atoms with Crippen LogP contribution in [0.3, 0.4) is 0 Å². The third-order valence-electron chi connectivity index (χ3n) is 6.13. The highest BCUT2D eigenvalue weighted by atomic mass is 19.1. The Morgan fingerprint density at radius 3 is 2.59 bits per heavy atom. The number of H-pyrrole nitrogens is 1. The number of hydrogen-bond donors (Lipinski definition) is 2. The summed E-state index contributed by atoms with van der Waals surface area (Å²) < 4.78 is 15.3. The van der Waals surface area contributed by atoms with Crippen molar-refractivity contribution in [2.24, 2.45) is 0 Å². The molecule has 9 heteroatoms. The van der Waals surface area contributed by atoms with Crippen molar-refractivity contribution >= 4 is 22.6 Å². The summed E-state index contributed by atoms with van der Waals surface area (Å²) in [6.45, 7) is 6.85. The molecule has 3 heterocycles. The number of carbonyl (C=O) groups excluding carboxylic acids is 1. The molecular weight excluding hydrogens is 411 g/mol. The third-order valence-corrected chi connectivity index (χ3v) is 6.13. The van der Waals surface area contributed by atoms with E-state index in [1.165, 1.54) is 0 Å². The van der Waals surface area contributed by atoms with Crippen LogP contribution in [-0.4, -0.2) is 59.0 Å². The maximum Gasteiger partial charge on any atom is 0.270 e. The van der Waals surface area contributed by atoms with Crippen LogP contribution in [-0.2, 0) is 6.42 Å². The first kappa shape index (κ1) is 21.9. The molecule has 0 spiro atoms. The normalized spacial score (nSPS) is 15.7. The molecule has 168 valence electrons. The van der Waals surface area contributed by atoms with E-state index in [2.05, 4.69) is 30.1 Å². The van der Waals surface area contributed by atoms with Gasteiger partial charge in [-0.15, -0.1) is 0 Å². The summed E-state index contributed by atoms with van der Waals surface area (Å²) in [7, 11) is 1.58. The van der Waals surface area contributed by atoms with Crippen LogP contribution in [0.1, 0.15) is 41.6 Å². The van der Waals surface area contributed by atoms with Crippen molar-refractivity contribution in [3.63, 3.8) is 0 Å². The van der Waals surface area contributed by atoms with Gasteiger partial charge in [0.05, 0.1) is 17.4 Å². The van der Waals surface area contributed by atoms with E-state index in [1.807, 2.05) is 19.9 Å². The molecule has 0 saturated carbocycles. The molecule has 3 aromatic rings. The number of fused-ring (bicyclic) bond motifs is 1. The summed E-state index contributed by atoms with van der Waals surface area (Å²) in [6, 6.07) is 7.00. The van der Waals surface area contributed by atoms with Crippen LogP contribution in [0.2, 0.25) is 0 Å². The average Bonchev–Trinajstić information content (AvgIpc) is 2.83. The van der Waals surface area contributed by atoms with E-state index in [-0.39, 0.29) is 23.0 Å². The molecule has 0 aliphatic carbocycles. The molecule has 0 radical (unpaired) electrons. The van der Waals surface area contributed by atoms with Gasteiger partial charge in [-0.25, -0.2) is 14.4 Å². The molecule has 8 nitrogen and oxygen atoms in total. The first-order chi connectivity index (χ1) is 15.4. The van der Waals surface area contributed by atoms with Gasteiger partial charge in [-0.05, 0) is 31.5 Å². The number of piperazine rings is 1. The minimum absolute atomic E-state index is 0.148. The van der Waals surface area contributed by atoms with Crippen molar-refractivity contribution in [2.45, 2.75) is 26.3 Å². The number of aromatic amines is 1. The number of nitrogens with one attached hydrogen (secondary N) is 2. The summed E-state index contributed by atoms with van der Waals surface area (Å²) in [6.07, 6.45) is 2.21. The number of hydrogen-bond acceptors (Lipinski definition) is 6. The Kier molecular flexibility index (Phi) is 6.18. The maximum atomic E-state index is 15.3. The highest BCUT2D eigenvalue weighted by Gasteiger charge is 2.25. The van der Waals surface area contributed by atoms with E-state index in [0.717, 1.165) is 31.9 Å². The average molecular weight is 439 g/mol. The van der Waals surface area contributed by atoms with E-state index in [4.69, 9.17) is 0 Å². The van der Waals surface area contributed by atoms with Gasteiger partial charge in [-0.2, -0.15) is 0 Å². The number of aromatic nitrogens is 3. The SMILES string of the molecule is CCc1nc2ccc([C@@H](C)N3CCN(c4ccc(C(=O)NC)nc4)CC3)c(F)c2[nH]c1=O. The molecular formula is C23H27FN6O2. The van der Waals surface area contributed by atoms with E-state index < -0.39 is 5.82 Å². The topological polar surface area (TPSA) is 94.2 Å². The van der Waals surface area contributed by atoms with Gasteiger partial charge >= 0.3 is 0 Å². The number of rotatable bonds is 5. The molecule has 4 rings (SSSR count). The first-order valence-electron chi connectivity index (χ1n) is 10.8. The van der Waals surface area contributed by atoms with Crippen LogP contribution < -0.4 is 15.8 Å². The van der Waals surface area contributed by atoms with E-state index in [0.29, 0.717) is 28.9 Å². The van der Waals surface area contributed by atoms with Gasteiger partial charge in [-0.3, -0.25) is 14.5 Å². The van der Waals surface area contributed by atoms with E-state index in [1.54, 1.807) is 31.4 Å². The maximum absolute atomic E-state index is 15.3.